The molecule has 2 aromatic heterocycles. The Hall–Kier alpha value is -3.29. The second kappa shape index (κ2) is 9.26. The van der Waals surface area contributed by atoms with Gasteiger partial charge in [0, 0.05) is 23.9 Å². The minimum absolute atomic E-state index is 0.0249. The lowest BCUT2D eigenvalue weighted by Crippen LogP contribution is -2.12. The van der Waals surface area contributed by atoms with Crippen molar-refractivity contribution in [3.05, 3.63) is 47.4 Å². The summed E-state index contributed by atoms with van der Waals surface area (Å²) < 4.78 is 10.8. The second-order valence-electron chi connectivity index (χ2n) is 5.51. The SMILES string of the molecule is COc1cc(C=O)c(OCc2cccnc2C(N=CN)=NC(C)C)cn1. The number of hydrogen-bond acceptors (Lipinski definition) is 6. The zero-order valence-corrected chi connectivity index (χ0v) is 14.9. The Morgan fingerprint density at radius 2 is 2.19 bits per heavy atom. The molecule has 0 amide bonds. The predicted octanol–water partition coefficient (Wildman–Crippen LogP) is 2.02. The first-order valence-corrected chi connectivity index (χ1v) is 7.97. The molecule has 0 radical (unpaired) electrons. The van der Waals surface area contributed by atoms with Gasteiger partial charge in [-0.1, -0.05) is 6.07 Å². The van der Waals surface area contributed by atoms with Crippen LogP contribution in [0.5, 0.6) is 11.6 Å². The largest absolute Gasteiger partial charge is 0.486 e. The fourth-order valence-electron chi connectivity index (χ4n) is 2.15. The van der Waals surface area contributed by atoms with Crippen LogP contribution in [0.25, 0.3) is 0 Å². The summed E-state index contributed by atoms with van der Waals surface area (Å²) in [6.45, 7) is 4.03. The molecule has 0 fully saturated rings. The molecule has 0 unspecified atom stereocenters. The highest BCUT2D eigenvalue weighted by Gasteiger charge is 2.13. The average molecular weight is 355 g/mol. The molecule has 8 nitrogen and oxygen atoms in total. The molecule has 2 aromatic rings. The molecule has 0 saturated heterocycles. The van der Waals surface area contributed by atoms with Crippen molar-refractivity contribution >= 4 is 18.5 Å². The number of nitrogens with zero attached hydrogens (tertiary/aromatic N) is 4. The van der Waals surface area contributed by atoms with Crippen molar-refractivity contribution in [2.45, 2.75) is 26.5 Å². The zero-order valence-electron chi connectivity index (χ0n) is 14.9. The monoisotopic (exact) mass is 355 g/mol. The van der Waals surface area contributed by atoms with Gasteiger partial charge in [-0.25, -0.2) is 9.98 Å². The third-order valence-corrected chi connectivity index (χ3v) is 3.27. The number of carbonyl (C=O) groups excluding carboxylic acids is 1. The highest BCUT2D eigenvalue weighted by atomic mass is 16.5. The van der Waals surface area contributed by atoms with Gasteiger partial charge in [0.2, 0.25) is 5.88 Å². The van der Waals surface area contributed by atoms with E-state index in [0.29, 0.717) is 35.0 Å². The Kier molecular flexibility index (Phi) is 6.78. The summed E-state index contributed by atoms with van der Waals surface area (Å²) >= 11 is 0. The molecule has 0 aromatic carbocycles. The topological polar surface area (TPSA) is 112 Å². The van der Waals surface area contributed by atoms with Gasteiger partial charge >= 0.3 is 0 Å². The van der Waals surface area contributed by atoms with E-state index in [1.54, 1.807) is 12.3 Å². The lowest BCUT2D eigenvalue weighted by molar-refractivity contribution is 0.111. The zero-order chi connectivity index (χ0) is 18.9. The van der Waals surface area contributed by atoms with Gasteiger partial charge in [-0.3, -0.25) is 14.8 Å². The summed E-state index contributed by atoms with van der Waals surface area (Å²) in [4.78, 5) is 28.2. The number of pyridine rings is 2. The maximum atomic E-state index is 11.3. The van der Waals surface area contributed by atoms with Crippen LogP contribution in [0.1, 0.15) is 35.5 Å². The van der Waals surface area contributed by atoms with E-state index >= 15 is 0 Å². The average Bonchev–Trinajstić information content (AvgIpc) is 2.65. The van der Waals surface area contributed by atoms with Gasteiger partial charge in [0.1, 0.15) is 18.1 Å². The molecular weight excluding hydrogens is 334 g/mol. The number of nitrogens with two attached hydrogens (primary N) is 1. The quantitative estimate of drug-likeness (QED) is 0.462. The van der Waals surface area contributed by atoms with Crippen LogP contribution in [0.3, 0.4) is 0 Å². The highest BCUT2D eigenvalue weighted by molar-refractivity contribution is 6.02. The molecule has 2 N–H and O–H groups in total. The van der Waals surface area contributed by atoms with E-state index < -0.39 is 0 Å². The van der Waals surface area contributed by atoms with Crippen LogP contribution in [0.15, 0.2) is 40.6 Å². The standard InChI is InChI=1S/C18H21N5O3/c1-12(2)23-18(22-11-19)17-13(5-4-6-20-17)10-26-15-8-21-16(25-3)7-14(15)9-24/h4-9,11-12H,10H2,1-3H3,(H2,19,22,23). The number of methoxy groups -OCH3 is 1. The molecule has 8 heteroatoms. The Morgan fingerprint density at radius 3 is 2.85 bits per heavy atom. The molecule has 0 atom stereocenters. The second-order valence-corrected chi connectivity index (χ2v) is 5.51. The van der Waals surface area contributed by atoms with E-state index in [0.717, 1.165) is 5.56 Å². The fraction of sp³-hybridized carbons (Fsp3) is 0.278. The van der Waals surface area contributed by atoms with Gasteiger partial charge < -0.3 is 15.2 Å². The van der Waals surface area contributed by atoms with Crippen molar-refractivity contribution in [1.29, 1.82) is 0 Å². The number of amidine groups is 1. The minimum atomic E-state index is 0.0249. The number of hydrogen-bond donors (Lipinski definition) is 1. The Morgan fingerprint density at radius 1 is 1.38 bits per heavy atom. The first-order chi connectivity index (χ1) is 12.6. The van der Waals surface area contributed by atoms with Crippen molar-refractivity contribution in [2.24, 2.45) is 15.7 Å². The van der Waals surface area contributed by atoms with Crippen molar-refractivity contribution in [3.63, 3.8) is 0 Å². The van der Waals surface area contributed by atoms with Crippen molar-refractivity contribution in [2.75, 3.05) is 7.11 Å². The van der Waals surface area contributed by atoms with Crippen LogP contribution in [-0.4, -0.2) is 41.6 Å². The van der Waals surface area contributed by atoms with Crippen LogP contribution in [0.2, 0.25) is 0 Å². The first kappa shape index (κ1) is 19.0. The Labute approximate surface area is 151 Å². The van der Waals surface area contributed by atoms with Crippen LogP contribution >= 0.6 is 0 Å². The highest BCUT2D eigenvalue weighted by Crippen LogP contribution is 2.21. The van der Waals surface area contributed by atoms with Gasteiger partial charge in [0.05, 0.1) is 25.2 Å². The molecule has 0 aliphatic carbocycles. The summed E-state index contributed by atoms with van der Waals surface area (Å²) in [6.07, 6.45) is 4.96. The summed E-state index contributed by atoms with van der Waals surface area (Å²) in [5.74, 6) is 1.11. The van der Waals surface area contributed by atoms with Gasteiger partial charge in [0.15, 0.2) is 12.1 Å². The van der Waals surface area contributed by atoms with E-state index in [-0.39, 0.29) is 12.6 Å². The van der Waals surface area contributed by atoms with Crippen LogP contribution < -0.4 is 15.2 Å². The minimum Gasteiger partial charge on any atom is -0.486 e. The molecule has 0 spiro atoms. The third kappa shape index (κ3) is 4.85. The van der Waals surface area contributed by atoms with Gasteiger partial charge in [-0.2, -0.15) is 0 Å². The third-order valence-electron chi connectivity index (χ3n) is 3.27. The van der Waals surface area contributed by atoms with Crippen LogP contribution in [-0.2, 0) is 6.61 Å². The number of aliphatic imine (C=N–C) groups is 2. The summed E-state index contributed by atoms with van der Waals surface area (Å²) in [7, 11) is 1.48. The van der Waals surface area contributed by atoms with E-state index in [1.165, 1.54) is 25.7 Å². The summed E-state index contributed by atoms with van der Waals surface area (Å²) in [6, 6.07) is 5.17. The number of aromatic nitrogens is 2. The molecule has 2 rings (SSSR count). The lowest BCUT2D eigenvalue weighted by Gasteiger charge is -2.12. The van der Waals surface area contributed by atoms with E-state index in [4.69, 9.17) is 15.2 Å². The van der Waals surface area contributed by atoms with Crippen LogP contribution in [0, 0.1) is 0 Å². The Balaban J connectivity index is 2.30. The first-order valence-electron chi connectivity index (χ1n) is 7.97. The van der Waals surface area contributed by atoms with Gasteiger partial charge in [-0.15, -0.1) is 0 Å². The molecule has 26 heavy (non-hydrogen) atoms. The number of rotatable bonds is 7. The van der Waals surface area contributed by atoms with E-state index in [1.807, 2.05) is 19.9 Å². The van der Waals surface area contributed by atoms with E-state index in [2.05, 4.69) is 20.0 Å². The maximum Gasteiger partial charge on any atom is 0.213 e. The van der Waals surface area contributed by atoms with Crippen molar-refractivity contribution in [3.8, 4) is 11.6 Å². The van der Waals surface area contributed by atoms with Gasteiger partial charge in [0.25, 0.3) is 0 Å². The summed E-state index contributed by atoms with van der Waals surface area (Å²) in [5, 5.41) is 0. The number of aldehydes is 1. The Bertz CT molecular complexity index is 818. The molecule has 0 bridgehead atoms. The molecular formula is C18H21N5O3. The normalized spacial score (nSPS) is 11.8. The predicted molar refractivity (Wildman–Crippen MR) is 99.1 cm³/mol. The molecule has 0 saturated carbocycles. The molecule has 136 valence electrons. The fourth-order valence-corrected chi connectivity index (χ4v) is 2.15. The van der Waals surface area contributed by atoms with Crippen molar-refractivity contribution in [1.82, 2.24) is 9.97 Å². The lowest BCUT2D eigenvalue weighted by atomic mass is 10.2. The number of ether oxygens (including phenoxy) is 2. The molecule has 2 heterocycles. The van der Waals surface area contributed by atoms with Gasteiger partial charge in [-0.05, 0) is 19.9 Å². The molecule has 0 aliphatic rings. The van der Waals surface area contributed by atoms with Crippen molar-refractivity contribution < 1.29 is 14.3 Å². The molecule has 0 aliphatic heterocycles. The van der Waals surface area contributed by atoms with E-state index in [9.17, 15) is 4.79 Å². The number of carbonyl (C=O) groups is 1. The maximum absolute atomic E-state index is 11.3. The van der Waals surface area contributed by atoms with Crippen LogP contribution in [0.4, 0.5) is 0 Å². The smallest absolute Gasteiger partial charge is 0.213 e. The summed E-state index contributed by atoms with van der Waals surface area (Å²) in [5.41, 5.74) is 7.10.